The van der Waals surface area contributed by atoms with E-state index in [1.54, 1.807) is 37.8 Å². The molecule has 0 spiro atoms. The van der Waals surface area contributed by atoms with E-state index in [1.165, 1.54) is 23.5 Å². The lowest BCUT2D eigenvalue weighted by Gasteiger charge is -2.08. The van der Waals surface area contributed by atoms with Crippen molar-refractivity contribution in [2.24, 2.45) is 0 Å². The Labute approximate surface area is 163 Å². The molecule has 28 heavy (non-hydrogen) atoms. The molecule has 1 aromatic heterocycles. The summed E-state index contributed by atoms with van der Waals surface area (Å²) in [7, 11) is 3.11. The number of amides is 1. The van der Waals surface area contributed by atoms with Crippen LogP contribution in [0.25, 0.3) is 11.3 Å². The number of rotatable bonds is 6. The molecule has 2 aromatic carbocycles. The van der Waals surface area contributed by atoms with Gasteiger partial charge in [-0.2, -0.15) is 0 Å². The van der Waals surface area contributed by atoms with Crippen molar-refractivity contribution >= 4 is 33.8 Å². The summed E-state index contributed by atoms with van der Waals surface area (Å²) in [6.45, 7) is 0. The second-order valence-electron chi connectivity index (χ2n) is 5.59. The minimum Gasteiger partial charge on any atom is -0.497 e. The summed E-state index contributed by atoms with van der Waals surface area (Å²) in [6, 6.07) is 9.18. The van der Waals surface area contributed by atoms with Crippen LogP contribution in [-0.2, 0) is 0 Å². The standard InChI is InChI=1S/C18H16N4O5S/c1-26-11-4-6-16(27-2)12(8-11)14-9-28-18(20-14)21-17(23)10-3-5-13(19)15(7-10)22(24)25/h3-9H,19H2,1-2H3,(H,20,21,23). The number of nitrogens with one attached hydrogen (secondary N) is 1. The maximum atomic E-state index is 12.4. The van der Waals surface area contributed by atoms with Crippen LogP contribution >= 0.6 is 11.3 Å². The lowest BCUT2D eigenvalue weighted by molar-refractivity contribution is -0.383. The van der Waals surface area contributed by atoms with Gasteiger partial charge in [-0.1, -0.05) is 0 Å². The van der Waals surface area contributed by atoms with Crippen molar-refractivity contribution in [1.29, 1.82) is 0 Å². The molecule has 144 valence electrons. The Balaban J connectivity index is 1.85. The molecule has 0 fully saturated rings. The van der Waals surface area contributed by atoms with Crippen LogP contribution in [0.4, 0.5) is 16.5 Å². The molecule has 3 N–H and O–H groups in total. The monoisotopic (exact) mass is 400 g/mol. The SMILES string of the molecule is COc1ccc(OC)c(-c2csc(NC(=O)c3ccc(N)c([N+](=O)[O-])c3)n2)c1. The Bertz CT molecular complexity index is 1050. The van der Waals surface area contributed by atoms with Gasteiger partial charge in [-0.05, 0) is 30.3 Å². The van der Waals surface area contributed by atoms with Crippen molar-refractivity contribution in [2.75, 3.05) is 25.3 Å². The molecule has 1 amide bonds. The van der Waals surface area contributed by atoms with Gasteiger partial charge in [0.25, 0.3) is 11.6 Å². The first-order valence-electron chi connectivity index (χ1n) is 7.96. The van der Waals surface area contributed by atoms with E-state index in [4.69, 9.17) is 15.2 Å². The third-order valence-electron chi connectivity index (χ3n) is 3.90. The molecule has 3 rings (SSSR count). The molecule has 3 aromatic rings. The quantitative estimate of drug-likeness (QED) is 0.367. The topological polar surface area (TPSA) is 130 Å². The Hall–Kier alpha value is -3.66. The molecule has 1 heterocycles. The molecule has 0 aliphatic rings. The Morgan fingerprint density at radius 3 is 2.68 bits per heavy atom. The fourth-order valence-electron chi connectivity index (χ4n) is 2.48. The van der Waals surface area contributed by atoms with Gasteiger partial charge in [0.15, 0.2) is 5.13 Å². The minimum atomic E-state index is -0.636. The number of aromatic nitrogens is 1. The molecule has 10 heteroatoms. The van der Waals surface area contributed by atoms with E-state index >= 15 is 0 Å². The molecule has 0 aliphatic carbocycles. The van der Waals surface area contributed by atoms with E-state index in [0.29, 0.717) is 27.9 Å². The van der Waals surface area contributed by atoms with Gasteiger partial charge in [-0.25, -0.2) is 4.98 Å². The van der Waals surface area contributed by atoms with Gasteiger partial charge in [-0.15, -0.1) is 11.3 Å². The van der Waals surface area contributed by atoms with Crippen LogP contribution in [0.2, 0.25) is 0 Å². The van der Waals surface area contributed by atoms with E-state index in [-0.39, 0.29) is 16.9 Å². The van der Waals surface area contributed by atoms with Crippen molar-refractivity contribution in [1.82, 2.24) is 4.98 Å². The summed E-state index contributed by atoms with van der Waals surface area (Å²) in [6.07, 6.45) is 0. The van der Waals surface area contributed by atoms with Gasteiger partial charge in [0, 0.05) is 22.6 Å². The summed E-state index contributed by atoms with van der Waals surface area (Å²) in [4.78, 5) is 27.2. The summed E-state index contributed by atoms with van der Waals surface area (Å²) in [5.41, 5.74) is 6.63. The fourth-order valence-corrected chi connectivity index (χ4v) is 3.19. The van der Waals surface area contributed by atoms with Crippen molar-refractivity contribution in [3.8, 4) is 22.8 Å². The number of nitrogens with zero attached hydrogens (tertiary/aromatic N) is 2. The summed E-state index contributed by atoms with van der Waals surface area (Å²) in [5, 5.41) is 15.7. The molecule has 0 bridgehead atoms. The van der Waals surface area contributed by atoms with Gasteiger partial charge in [-0.3, -0.25) is 20.2 Å². The third kappa shape index (κ3) is 3.86. The van der Waals surface area contributed by atoms with E-state index in [1.807, 2.05) is 0 Å². The van der Waals surface area contributed by atoms with Crippen LogP contribution in [0.5, 0.6) is 11.5 Å². The first-order valence-corrected chi connectivity index (χ1v) is 8.84. The molecular formula is C18H16N4O5S. The van der Waals surface area contributed by atoms with Gasteiger partial charge in [0.05, 0.1) is 24.8 Å². The highest BCUT2D eigenvalue weighted by molar-refractivity contribution is 7.14. The molecule has 0 saturated carbocycles. The van der Waals surface area contributed by atoms with Crippen LogP contribution in [0.15, 0.2) is 41.8 Å². The fraction of sp³-hybridized carbons (Fsp3) is 0.111. The lowest BCUT2D eigenvalue weighted by Crippen LogP contribution is -2.12. The second-order valence-corrected chi connectivity index (χ2v) is 6.45. The van der Waals surface area contributed by atoms with Gasteiger partial charge in [0.2, 0.25) is 0 Å². The highest BCUT2D eigenvalue weighted by Gasteiger charge is 2.17. The van der Waals surface area contributed by atoms with E-state index in [0.717, 1.165) is 6.07 Å². The number of nitrogen functional groups attached to an aromatic ring is 1. The number of ether oxygens (including phenoxy) is 2. The number of benzene rings is 2. The zero-order valence-corrected chi connectivity index (χ0v) is 15.8. The maximum Gasteiger partial charge on any atom is 0.292 e. The lowest BCUT2D eigenvalue weighted by atomic mass is 10.1. The van der Waals surface area contributed by atoms with Crippen molar-refractivity contribution in [3.63, 3.8) is 0 Å². The number of anilines is 2. The van der Waals surface area contributed by atoms with Crippen molar-refractivity contribution in [2.45, 2.75) is 0 Å². The van der Waals surface area contributed by atoms with Gasteiger partial charge >= 0.3 is 0 Å². The van der Waals surface area contributed by atoms with Crippen LogP contribution in [0.3, 0.4) is 0 Å². The number of nitro groups is 1. The van der Waals surface area contributed by atoms with Crippen LogP contribution < -0.4 is 20.5 Å². The summed E-state index contributed by atoms with van der Waals surface area (Å²) in [5.74, 6) is 0.725. The highest BCUT2D eigenvalue weighted by atomic mass is 32.1. The first-order chi connectivity index (χ1) is 13.4. The maximum absolute atomic E-state index is 12.4. The average Bonchev–Trinajstić information content (AvgIpc) is 3.15. The number of carbonyl (C=O) groups excluding carboxylic acids is 1. The average molecular weight is 400 g/mol. The van der Waals surface area contributed by atoms with Gasteiger partial charge < -0.3 is 15.2 Å². The van der Waals surface area contributed by atoms with Crippen LogP contribution in [-0.4, -0.2) is 30.0 Å². The predicted octanol–water partition coefficient (Wildman–Crippen LogP) is 3.57. The Morgan fingerprint density at radius 1 is 1.21 bits per heavy atom. The Morgan fingerprint density at radius 2 is 2.00 bits per heavy atom. The first kappa shape index (κ1) is 19.1. The van der Waals surface area contributed by atoms with E-state index in [9.17, 15) is 14.9 Å². The molecular weight excluding hydrogens is 384 g/mol. The smallest absolute Gasteiger partial charge is 0.292 e. The molecule has 0 aliphatic heterocycles. The molecule has 9 nitrogen and oxygen atoms in total. The molecule has 0 saturated heterocycles. The van der Waals surface area contributed by atoms with Crippen LogP contribution in [0, 0.1) is 10.1 Å². The number of carbonyl (C=O) groups is 1. The highest BCUT2D eigenvalue weighted by Crippen LogP contribution is 2.35. The summed E-state index contributed by atoms with van der Waals surface area (Å²) >= 11 is 1.22. The number of nitro benzene ring substituents is 1. The molecule has 0 atom stereocenters. The zero-order chi connectivity index (χ0) is 20.3. The van der Waals surface area contributed by atoms with E-state index < -0.39 is 10.8 Å². The number of hydrogen-bond donors (Lipinski definition) is 2. The Kier molecular flexibility index (Phi) is 5.41. The van der Waals surface area contributed by atoms with E-state index in [2.05, 4.69) is 10.3 Å². The third-order valence-corrected chi connectivity index (χ3v) is 4.65. The molecule has 0 radical (unpaired) electrons. The van der Waals surface area contributed by atoms with Gasteiger partial charge in [0.1, 0.15) is 17.2 Å². The number of methoxy groups -OCH3 is 2. The normalized spacial score (nSPS) is 10.4. The minimum absolute atomic E-state index is 0.0109. The zero-order valence-electron chi connectivity index (χ0n) is 15.0. The summed E-state index contributed by atoms with van der Waals surface area (Å²) < 4.78 is 10.6. The van der Waals surface area contributed by atoms with Crippen molar-refractivity contribution in [3.05, 3.63) is 57.5 Å². The van der Waals surface area contributed by atoms with Crippen molar-refractivity contribution < 1.29 is 19.2 Å². The number of hydrogen-bond acceptors (Lipinski definition) is 8. The van der Waals surface area contributed by atoms with Crippen LogP contribution in [0.1, 0.15) is 10.4 Å². The predicted molar refractivity (Wildman–Crippen MR) is 106 cm³/mol. The second kappa shape index (κ2) is 7.92. The number of thiazole rings is 1. The largest absolute Gasteiger partial charge is 0.497 e. The number of nitrogens with two attached hydrogens (primary N) is 1. The molecule has 0 unspecified atom stereocenters.